The highest BCUT2D eigenvalue weighted by Crippen LogP contribution is 2.22. The lowest BCUT2D eigenvalue weighted by Crippen LogP contribution is -2.08. The van der Waals surface area contributed by atoms with Crippen LogP contribution in [0.4, 0.5) is 11.4 Å². The second-order valence-corrected chi connectivity index (χ2v) is 4.89. The number of hydrogen-bond donors (Lipinski definition) is 0. The molecular weight excluding hydrogens is 236 g/mol. The molecule has 2 rings (SSSR count). The summed E-state index contributed by atoms with van der Waals surface area (Å²) in [5, 5.41) is 4.36. The van der Waals surface area contributed by atoms with Crippen molar-refractivity contribution in [2.24, 2.45) is 12.0 Å². The van der Waals surface area contributed by atoms with Gasteiger partial charge in [0.1, 0.15) is 5.69 Å². The third-order valence-corrected chi connectivity index (χ3v) is 3.22. The quantitative estimate of drug-likeness (QED) is 0.791. The van der Waals surface area contributed by atoms with E-state index in [1.54, 1.807) is 0 Å². The van der Waals surface area contributed by atoms with Gasteiger partial charge in [-0.1, -0.05) is 12.1 Å². The molecule has 0 saturated carbocycles. The number of aromatic nitrogens is 2. The van der Waals surface area contributed by atoms with Crippen molar-refractivity contribution in [1.29, 1.82) is 0 Å². The van der Waals surface area contributed by atoms with Crippen LogP contribution in [-0.2, 0) is 7.05 Å². The first-order valence-electron chi connectivity index (χ1n) is 6.30. The van der Waals surface area contributed by atoms with Gasteiger partial charge in [0.15, 0.2) is 0 Å². The Morgan fingerprint density at radius 3 is 2.26 bits per heavy atom. The standard InChI is InChI=1S/C15H20N4/c1-11-15(12(2)19(5)17-11)16-10-13-6-8-14(9-7-13)18(3)4/h6-10H,1-5H3. The molecule has 0 amide bonds. The summed E-state index contributed by atoms with van der Waals surface area (Å²) < 4.78 is 1.86. The molecule has 1 heterocycles. The minimum absolute atomic E-state index is 0.958. The van der Waals surface area contributed by atoms with E-state index in [4.69, 9.17) is 0 Å². The Kier molecular flexibility index (Phi) is 3.69. The summed E-state index contributed by atoms with van der Waals surface area (Å²) in [6.07, 6.45) is 1.89. The third kappa shape index (κ3) is 2.84. The summed E-state index contributed by atoms with van der Waals surface area (Å²) >= 11 is 0. The molecule has 1 aromatic carbocycles. The fourth-order valence-corrected chi connectivity index (χ4v) is 1.95. The van der Waals surface area contributed by atoms with Crippen LogP contribution in [0.1, 0.15) is 17.0 Å². The second kappa shape index (κ2) is 5.26. The zero-order valence-corrected chi connectivity index (χ0v) is 12.2. The molecular formula is C15H20N4. The van der Waals surface area contributed by atoms with Crippen LogP contribution in [0.25, 0.3) is 0 Å². The van der Waals surface area contributed by atoms with E-state index in [1.807, 2.05) is 45.9 Å². The van der Waals surface area contributed by atoms with Gasteiger partial charge in [0, 0.05) is 33.0 Å². The predicted molar refractivity (Wildman–Crippen MR) is 80.7 cm³/mol. The topological polar surface area (TPSA) is 33.4 Å². The summed E-state index contributed by atoms with van der Waals surface area (Å²) in [4.78, 5) is 6.63. The van der Waals surface area contributed by atoms with E-state index in [-0.39, 0.29) is 0 Å². The van der Waals surface area contributed by atoms with Crippen LogP contribution in [-0.4, -0.2) is 30.1 Å². The fraction of sp³-hybridized carbons (Fsp3) is 0.333. The number of aliphatic imine (C=N–C) groups is 1. The molecule has 0 aliphatic rings. The molecule has 0 atom stereocenters. The van der Waals surface area contributed by atoms with Crippen molar-refractivity contribution in [3.63, 3.8) is 0 Å². The predicted octanol–water partition coefficient (Wildman–Crippen LogP) is 2.85. The van der Waals surface area contributed by atoms with Crippen molar-refractivity contribution >= 4 is 17.6 Å². The van der Waals surface area contributed by atoms with Crippen molar-refractivity contribution in [3.8, 4) is 0 Å². The van der Waals surface area contributed by atoms with Crippen molar-refractivity contribution < 1.29 is 0 Å². The number of hydrogen-bond acceptors (Lipinski definition) is 3. The second-order valence-electron chi connectivity index (χ2n) is 4.89. The van der Waals surface area contributed by atoms with Gasteiger partial charge in [-0.3, -0.25) is 9.67 Å². The number of rotatable bonds is 3. The summed E-state index contributed by atoms with van der Waals surface area (Å²) in [6.45, 7) is 4.01. The Bertz CT molecular complexity index is 591. The third-order valence-electron chi connectivity index (χ3n) is 3.22. The van der Waals surface area contributed by atoms with Gasteiger partial charge in [0.25, 0.3) is 0 Å². The van der Waals surface area contributed by atoms with Crippen molar-refractivity contribution in [2.75, 3.05) is 19.0 Å². The molecule has 0 radical (unpaired) electrons. The highest BCUT2D eigenvalue weighted by atomic mass is 15.3. The zero-order valence-electron chi connectivity index (χ0n) is 12.2. The molecule has 0 bridgehead atoms. The van der Waals surface area contributed by atoms with Gasteiger partial charge in [-0.25, -0.2) is 0 Å². The van der Waals surface area contributed by atoms with Crippen LogP contribution in [0, 0.1) is 13.8 Å². The molecule has 4 heteroatoms. The maximum atomic E-state index is 4.55. The maximum Gasteiger partial charge on any atom is 0.107 e. The molecule has 0 unspecified atom stereocenters. The molecule has 1 aromatic heterocycles. The first-order valence-corrected chi connectivity index (χ1v) is 6.30. The minimum atomic E-state index is 0.958. The largest absolute Gasteiger partial charge is 0.378 e. The van der Waals surface area contributed by atoms with Crippen LogP contribution in [0.15, 0.2) is 29.3 Å². The van der Waals surface area contributed by atoms with Crippen LogP contribution < -0.4 is 4.90 Å². The maximum absolute atomic E-state index is 4.55. The molecule has 0 saturated heterocycles. The molecule has 19 heavy (non-hydrogen) atoms. The van der Waals surface area contributed by atoms with Gasteiger partial charge < -0.3 is 4.90 Å². The number of anilines is 1. The average Bonchev–Trinajstić information content (AvgIpc) is 2.62. The lowest BCUT2D eigenvalue weighted by atomic mass is 10.2. The molecule has 2 aromatic rings. The monoisotopic (exact) mass is 256 g/mol. The first kappa shape index (κ1) is 13.3. The van der Waals surface area contributed by atoms with Crippen molar-refractivity contribution in [3.05, 3.63) is 41.2 Å². The lowest BCUT2D eigenvalue weighted by molar-refractivity contribution is 0.731. The smallest absolute Gasteiger partial charge is 0.107 e. The lowest BCUT2D eigenvalue weighted by Gasteiger charge is -2.11. The molecule has 0 N–H and O–H groups in total. The molecule has 4 nitrogen and oxygen atoms in total. The van der Waals surface area contributed by atoms with Crippen LogP contribution in [0.2, 0.25) is 0 Å². The van der Waals surface area contributed by atoms with E-state index in [0.717, 1.165) is 22.6 Å². The molecule has 0 fully saturated rings. The molecule has 0 aliphatic carbocycles. The van der Waals surface area contributed by atoms with Gasteiger partial charge in [0.2, 0.25) is 0 Å². The van der Waals surface area contributed by atoms with E-state index < -0.39 is 0 Å². The Morgan fingerprint density at radius 1 is 1.16 bits per heavy atom. The number of aryl methyl sites for hydroxylation is 2. The van der Waals surface area contributed by atoms with E-state index >= 15 is 0 Å². The Morgan fingerprint density at radius 2 is 1.79 bits per heavy atom. The fourth-order valence-electron chi connectivity index (χ4n) is 1.95. The SMILES string of the molecule is Cc1nn(C)c(C)c1N=Cc1ccc(N(C)C)cc1. The van der Waals surface area contributed by atoms with E-state index in [0.29, 0.717) is 0 Å². The average molecular weight is 256 g/mol. The summed E-state index contributed by atoms with van der Waals surface area (Å²) in [6, 6.07) is 8.31. The van der Waals surface area contributed by atoms with Gasteiger partial charge >= 0.3 is 0 Å². The van der Waals surface area contributed by atoms with Crippen LogP contribution in [0.5, 0.6) is 0 Å². The normalized spacial score (nSPS) is 11.2. The van der Waals surface area contributed by atoms with Crippen molar-refractivity contribution in [2.45, 2.75) is 13.8 Å². The Balaban J connectivity index is 2.23. The molecule has 0 spiro atoms. The number of nitrogens with zero attached hydrogens (tertiary/aromatic N) is 4. The van der Waals surface area contributed by atoms with Crippen LogP contribution >= 0.6 is 0 Å². The van der Waals surface area contributed by atoms with Crippen molar-refractivity contribution in [1.82, 2.24) is 9.78 Å². The minimum Gasteiger partial charge on any atom is -0.378 e. The molecule has 100 valence electrons. The van der Waals surface area contributed by atoms with E-state index in [1.165, 1.54) is 5.69 Å². The summed E-state index contributed by atoms with van der Waals surface area (Å²) in [5.74, 6) is 0. The van der Waals surface area contributed by atoms with Gasteiger partial charge in [0.05, 0.1) is 11.4 Å². The molecule has 0 aliphatic heterocycles. The number of benzene rings is 1. The Labute approximate surface area is 114 Å². The highest BCUT2D eigenvalue weighted by molar-refractivity contribution is 5.83. The van der Waals surface area contributed by atoms with Gasteiger partial charge in [-0.15, -0.1) is 0 Å². The Hall–Kier alpha value is -2.10. The zero-order chi connectivity index (χ0) is 14.0. The van der Waals surface area contributed by atoms with Crippen LogP contribution in [0.3, 0.4) is 0 Å². The van der Waals surface area contributed by atoms with Gasteiger partial charge in [-0.2, -0.15) is 5.10 Å². The van der Waals surface area contributed by atoms with Gasteiger partial charge in [-0.05, 0) is 31.5 Å². The summed E-state index contributed by atoms with van der Waals surface area (Å²) in [5.41, 5.74) is 5.28. The highest BCUT2D eigenvalue weighted by Gasteiger charge is 2.06. The first-order chi connectivity index (χ1) is 8.99. The van der Waals surface area contributed by atoms with E-state index in [2.05, 4.69) is 39.3 Å². The summed E-state index contributed by atoms with van der Waals surface area (Å²) in [7, 11) is 6.00. The van der Waals surface area contributed by atoms with E-state index in [9.17, 15) is 0 Å².